The van der Waals surface area contributed by atoms with Gasteiger partial charge in [-0.1, -0.05) is 6.92 Å². The van der Waals surface area contributed by atoms with E-state index in [1.165, 1.54) is 0 Å². The molecule has 4 nitrogen and oxygen atoms in total. The number of carbonyl (C=O) groups is 1. The molecular weight excluding hydrogens is 168 g/mol. The summed E-state index contributed by atoms with van der Waals surface area (Å²) >= 11 is 0. The predicted octanol–water partition coefficient (Wildman–Crippen LogP) is 0.219. The molecule has 0 aromatic carbocycles. The maximum atomic E-state index is 10.6. The molecule has 0 saturated carbocycles. The first-order valence-electron chi connectivity index (χ1n) is 4.63. The highest BCUT2D eigenvalue weighted by atomic mass is 16.5. The molecule has 0 bridgehead atoms. The normalized spacial score (nSPS) is 13.2. The summed E-state index contributed by atoms with van der Waals surface area (Å²) in [5.41, 5.74) is 5.07. The van der Waals surface area contributed by atoms with Crippen LogP contribution >= 0.6 is 0 Å². The summed E-state index contributed by atoms with van der Waals surface area (Å²) < 4.78 is 5.04. The number of ether oxygens (including phenoxy) is 1. The number of hydrogen-bond acceptors (Lipinski definition) is 3. The Morgan fingerprint density at radius 1 is 1.62 bits per heavy atom. The quantitative estimate of drug-likeness (QED) is 0.621. The Kier molecular flexibility index (Phi) is 6.54. The number of methoxy groups -OCH3 is 1. The molecule has 0 spiro atoms. The second kappa shape index (κ2) is 6.86. The molecule has 0 aromatic rings. The van der Waals surface area contributed by atoms with Gasteiger partial charge in [0.15, 0.2) is 0 Å². The number of rotatable bonds is 7. The average Bonchev–Trinajstić information content (AvgIpc) is 2.05. The molecule has 0 heterocycles. The van der Waals surface area contributed by atoms with E-state index in [0.29, 0.717) is 19.1 Å². The van der Waals surface area contributed by atoms with Crippen LogP contribution in [0.3, 0.4) is 0 Å². The molecule has 0 saturated heterocycles. The van der Waals surface area contributed by atoms with Gasteiger partial charge in [0.05, 0.1) is 6.61 Å². The summed E-state index contributed by atoms with van der Waals surface area (Å²) in [4.78, 5) is 12.7. The van der Waals surface area contributed by atoms with E-state index < -0.39 is 0 Å². The van der Waals surface area contributed by atoms with E-state index in [1.54, 1.807) is 7.11 Å². The van der Waals surface area contributed by atoms with Crippen molar-refractivity contribution < 1.29 is 9.53 Å². The third-order valence-corrected chi connectivity index (χ3v) is 2.08. The largest absolute Gasteiger partial charge is 0.383 e. The average molecular weight is 188 g/mol. The van der Waals surface area contributed by atoms with Crippen LogP contribution in [0.25, 0.3) is 0 Å². The van der Waals surface area contributed by atoms with Crippen molar-refractivity contribution in [1.82, 2.24) is 4.90 Å². The molecule has 0 aliphatic carbocycles. The summed E-state index contributed by atoms with van der Waals surface area (Å²) in [6.07, 6.45) is 0.419. The third-order valence-electron chi connectivity index (χ3n) is 2.08. The number of amides is 1. The van der Waals surface area contributed by atoms with Crippen LogP contribution in [0, 0.1) is 0 Å². The number of primary amides is 1. The van der Waals surface area contributed by atoms with Crippen LogP contribution in [0.15, 0.2) is 0 Å². The van der Waals surface area contributed by atoms with Gasteiger partial charge in [0.25, 0.3) is 0 Å². The second-order valence-corrected chi connectivity index (χ2v) is 3.15. The van der Waals surface area contributed by atoms with Gasteiger partial charge in [-0.05, 0) is 13.5 Å². The molecule has 4 heteroatoms. The highest BCUT2D eigenvalue weighted by Crippen LogP contribution is 2.00. The highest BCUT2D eigenvalue weighted by Gasteiger charge is 2.11. The van der Waals surface area contributed by atoms with Gasteiger partial charge in [-0.25, -0.2) is 0 Å². The van der Waals surface area contributed by atoms with Crippen LogP contribution in [0.5, 0.6) is 0 Å². The summed E-state index contributed by atoms with van der Waals surface area (Å²) in [7, 11) is 1.68. The second-order valence-electron chi connectivity index (χ2n) is 3.15. The molecule has 13 heavy (non-hydrogen) atoms. The molecular formula is C9H20N2O2. The first-order valence-corrected chi connectivity index (χ1v) is 4.63. The van der Waals surface area contributed by atoms with Gasteiger partial charge in [-0.2, -0.15) is 0 Å². The van der Waals surface area contributed by atoms with Crippen LogP contribution < -0.4 is 5.73 Å². The van der Waals surface area contributed by atoms with Crippen LogP contribution in [0.4, 0.5) is 0 Å². The number of carbonyl (C=O) groups excluding carboxylic acids is 1. The molecule has 1 unspecified atom stereocenters. The van der Waals surface area contributed by atoms with Gasteiger partial charge in [-0.3, -0.25) is 9.69 Å². The zero-order valence-corrected chi connectivity index (χ0v) is 8.75. The van der Waals surface area contributed by atoms with Crippen LogP contribution in [-0.4, -0.2) is 43.7 Å². The standard InChI is InChI=1S/C9H20N2O2/c1-4-11(6-5-9(10)12)8(2)7-13-3/h8H,4-7H2,1-3H3,(H2,10,12). The van der Waals surface area contributed by atoms with E-state index in [9.17, 15) is 4.79 Å². The lowest BCUT2D eigenvalue weighted by molar-refractivity contribution is -0.118. The van der Waals surface area contributed by atoms with E-state index in [0.717, 1.165) is 13.1 Å². The van der Waals surface area contributed by atoms with E-state index in [4.69, 9.17) is 10.5 Å². The highest BCUT2D eigenvalue weighted by molar-refractivity contribution is 5.73. The van der Waals surface area contributed by atoms with Crippen molar-refractivity contribution >= 4 is 5.91 Å². The zero-order chi connectivity index (χ0) is 10.3. The maximum absolute atomic E-state index is 10.6. The number of hydrogen-bond donors (Lipinski definition) is 1. The fourth-order valence-electron chi connectivity index (χ4n) is 1.29. The van der Waals surface area contributed by atoms with Crippen molar-refractivity contribution in [2.75, 3.05) is 26.8 Å². The minimum Gasteiger partial charge on any atom is -0.383 e. The lowest BCUT2D eigenvalue weighted by Gasteiger charge is -2.26. The molecule has 0 aliphatic rings. The minimum atomic E-state index is -0.247. The number of likely N-dealkylation sites (N-methyl/N-ethyl adjacent to an activating group) is 1. The van der Waals surface area contributed by atoms with Gasteiger partial charge < -0.3 is 10.5 Å². The van der Waals surface area contributed by atoms with Crippen molar-refractivity contribution in [3.8, 4) is 0 Å². The van der Waals surface area contributed by atoms with Gasteiger partial charge in [0.1, 0.15) is 0 Å². The van der Waals surface area contributed by atoms with Gasteiger partial charge in [-0.15, -0.1) is 0 Å². The molecule has 2 N–H and O–H groups in total. The van der Waals surface area contributed by atoms with Crippen LogP contribution in [0.1, 0.15) is 20.3 Å². The Bertz CT molecular complexity index is 151. The van der Waals surface area contributed by atoms with Crippen molar-refractivity contribution in [2.45, 2.75) is 26.3 Å². The topological polar surface area (TPSA) is 55.6 Å². The smallest absolute Gasteiger partial charge is 0.218 e. The molecule has 0 aromatic heterocycles. The molecule has 1 amide bonds. The van der Waals surface area contributed by atoms with Crippen molar-refractivity contribution in [3.05, 3.63) is 0 Å². The zero-order valence-electron chi connectivity index (χ0n) is 8.75. The summed E-state index contributed by atoms with van der Waals surface area (Å²) in [6, 6.07) is 0.342. The maximum Gasteiger partial charge on any atom is 0.218 e. The van der Waals surface area contributed by atoms with Gasteiger partial charge in [0, 0.05) is 26.1 Å². The van der Waals surface area contributed by atoms with Crippen LogP contribution in [-0.2, 0) is 9.53 Å². The molecule has 1 atom stereocenters. The predicted molar refractivity (Wildman–Crippen MR) is 52.4 cm³/mol. The Morgan fingerprint density at radius 3 is 2.62 bits per heavy atom. The first-order chi connectivity index (χ1) is 6.11. The molecule has 78 valence electrons. The molecule has 0 rings (SSSR count). The van der Waals surface area contributed by atoms with E-state index in [1.807, 2.05) is 0 Å². The van der Waals surface area contributed by atoms with E-state index >= 15 is 0 Å². The van der Waals surface area contributed by atoms with E-state index in [-0.39, 0.29) is 5.91 Å². The molecule has 0 radical (unpaired) electrons. The lowest BCUT2D eigenvalue weighted by Crippen LogP contribution is -2.38. The lowest BCUT2D eigenvalue weighted by atomic mass is 10.2. The fourth-order valence-corrected chi connectivity index (χ4v) is 1.29. The molecule has 0 aliphatic heterocycles. The Hall–Kier alpha value is -0.610. The Labute approximate surface area is 80.0 Å². The number of nitrogens with zero attached hydrogens (tertiary/aromatic N) is 1. The Morgan fingerprint density at radius 2 is 2.23 bits per heavy atom. The van der Waals surface area contributed by atoms with Crippen molar-refractivity contribution in [2.24, 2.45) is 5.73 Å². The monoisotopic (exact) mass is 188 g/mol. The Balaban J connectivity index is 3.79. The van der Waals surface area contributed by atoms with Gasteiger partial charge in [0.2, 0.25) is 5.91 Å². The van der Waals surface area contributed by atoms with Crippen molar-refractivity contribution in [3.63, 3.8) is 0 Å². The summed E-state index contributed by atoms with van der Waals surface area (Å²) in [5.74, 6) is -0.247. The van der Waals surface area contributed by atoms with Crippen molar-refractivity contribution in [1.29, 1.82) is 0 Å². The van der Waals surface area contributed by atoms with Crippen LogP contribution in [0.2, 0.25) is 0 Å². The van der Waals surface area contributed by atoms with E-state index in [2.05, 4.69) is 18.7 Å². The third kappa shape index (κ3) is 5.60. The van der Waals surface area contributed by atoms with Gasteiger partial charge >= 0.3 is 0 Å². The molecule has 0 fully saturated rings. The minimum absolute atomic E-state index is 0.247. The fraction of sp³-hybridized carbons (Fsp3) is 0.889. The number of nitrogens with two attached hydrogens (primary N) is 1. The summed E-state index contributed by atoms with van der Waals surface area (Å²) in [5, 5.41) is 0. The first kappa shape index (κ1) is 12.4. The SMILES string of the molecule is CCN(CCC(N)=O)C(C)COC. The summed E-state index contributed by atoms with van der Waals surface area (Å²) in [6.45, 7) is 6.46.